The summed E-state index contributed by atoms with van der Waals surface area (Å²) in [6, 6.07) is 10.4. The summed E-state index contributed by atoms with van der Waals surface area (Å²) in [5.41, 5.74) is 8.18. The quantitative estimate of drug-likeness (QED) is 0.733. The lowest BCUT2D eigenvalue weighted by Crippen LogP contribution is -2.05. The minimum absolute atomic E-state index is 0.203. The largest absolute Gasteiger partial charge is 0.488 e. The van der Waals surface area contributed by atoms with E-state index in [1.54, 1.807) is 19.2 Å². The maximum absolute atomic E-state index is 14.1. The van der Waals surface area contributed by atoms with Crippen LogP contribution in [0.3, 0.4) is 0 Å². The fourth-order valence-electron chi connectivity index (χ4n) is 2.29. The summed E-state index contributed by atoms with van der Waals surface area (Å²) in [4.78, 5) is 8.13. The van der Waals surface area contributed by atoms with Crippen molar-refractivity contribution in [2.75, 3.05) is 26.1 Å². The fraction of sp³-hybridized carbons (Fsp3) is 0.176. The zero-order valence-corrected chi connectivity index (χ0v) is 12.6. The molecule has 0 fully saturated rings. The highest BCUT2D eigenvalue weighted by Gasteiger charge is 2.08. The zero-order chi connectivity index (χ0) is 16.2. The maximum atomic E-state index is 14.1. The van der Waals surface area contributed by atoms with Gasteiger partial charge in [-0.25, -0.2) is 14.4 Å². The summed E-state index contributed by atoms with van der Waals surface area (Å²) in [6.45, 7) is 0.710. The molecule has 2 aromatic carbocycles. The van der Waals surface area contributed by atoms with E-state index in [9.17, 15) is 4.39 Å². The molecular formula is C17H16FN3O2. The molecule has 0 unspecified atom stereocenters. The van der Waals surface area contributed by atoms with Gasteiger partial charge >= 0.3 is 0 Å². The third kappa shape index (κ3) is 3.22. The molecule has 0 spiro atoms. The topological polar surface area (TPSA) is 70.3 Å². The van der Waals surface area contributed by atoms with Crippen molar-refractivity contribution in [1.82, 2.24) is 9.97 Å². The highest BCUT2D eigenvalue weighted by atomic mass is 19.1. The number of halogens is 1. The van der Waals surface area contributed by atoms with Gasteiger partial charge in [-0.05, 0) is 35.4 Å². The molecule has 118 valence electrons. The van der Waals surface area contributed by atoms with Crippen LogP contribution in [0, 0.1) is 5.82 Å². The molecule has 0 aliphatic carbocycles. The van der Waals surface area contributed by atoms with E-state index in [0.717, 1.165) is 22.0 Å². The number of ether oxygens (including phenoxy) is 2. The van der Waals surface area contributed by atoms with Gasteiger partial charge in [-0.15, -0.1) is 0 Å². The van der Waals surface area contributed by atoms with Crippen LogP contribution < -0.4 is 10.5 Å². The highest BCUT2D eigenvalue weighted by Crippen LogP contribution is 2.29. The van der Waals surface area contributed by atoms with E-state index in [4.69, 9.17) is 15.2 Å². The van der Waals surface area contributed by atoms with Crippen LogP contribution in [0.1, 0.15) is 0 Å². The normalized spacial score (nSPS) is 10.9. The lowest BCUT2D eigenvalue weighted by molar-refractivity contribution is 0.144. The summed E-state index contributed by atoms with van der Waals surface area (Å²) >= 11 is 0. The first-order valence-electron chi connectivity index (χ1n) is 7.11. The van der Waals surface area contributed by atoms with E-state index in [2.05, 4.69) is 9.97 Å². The van der Waals surface area contributed by atoms with Gasteiger partial charge in [-0.2, -0.15) is 0 Å². The van der Waals surface area contributed by atoms with Crippen molar-refractivity contribution in [1.29, 1.82) is 0 Å². The Morgan fingerprint density at radius 1 is 1.04 bits per heavy atom. The molecule has 5 nitrogen and oxygen atoms in total. The van der Waals surface area contributed by atoms with Crippen molar-refractivity contribution in [3.05, 3.63) is 48.5 Å². The number of benzene rings is 2. The Kier molecular flexibility index (Phi) is 4.34. The standard InChI is InChI=1S/C17H16FN3O2/c1-22-6-7-23-16-5-3-12(9-14(16)18)11-2-4-15-13(8-11)17(19)21-10-20-15/h2-5,8-10H,6-7H2,1H3,(H2,19,20,21). The van der Waals surface area contributed by atoms with E-state index in [0.29, 0.717) is 19.0 Å². The fourth-order valence-corrected chi connectivity index (χ4v) is 2.29. The maximum Gasteiger partial charge on any atom is 0.165 e. The van der Waals surface area contributed by atoms with Crippen LogP contribution in [-0.4, -0.2) is 30.3 Å². The van der Waals surface area contributed by atoms with Crippen LogP contribution in [0.25, 0.3) is 22.0 Å². The molecule has 0 radical (unpaired) electrons. The summed E-state index contributed by atoms with van der Waals surface area (Å²) in [5, 5.41) is 0.742. The Balaban J connectivity index is 1.92. The lowest BCUT2D eigenvalue weighted by atomic mass is 10.0. The van der Waals surface area contributed by atoms with E-state index in [1.165, 1.54) is 12.4 Å². The second-order valence-corrected chi connectivity index (χ2v) is 4.98. The number of hydrogen-bond acceptors (Lipinski definition) is 5. The van der Waals surface area contributed by atoms with Crippen molar-refractivity contribution >= 4 is 16.7 Å². The monoisotopic (exact) mass is 313 g/mol. The molecule has 3 rings (SSSR count). The number of aromatic nitrogens is 2. The Hall–Kier alpha value is -2.73. The Bertz CT molecular complexity index is 839. The molecule has 1 heterocycles. The predicted molar refractivity (Wildman–Crippen MR) is 86.7 cm³/mol. The average molecular weight is 313 g/mol. The number of nitrogens with two attached hydrogens (primary N) is 1. The number of anilines is 1. The van der Waals surface area contributed by atoms with Crippen molar-refractivity contribution in [2.45, 2.75) is 0 Å². The SMILES string of the molecule is COCCOc1ccc(-c2ccc3ncnc(N)c3c2)cc1F. The van der Waals surface area contributed by atoms with Crippen molar-refractivity contribution < 1.29 is 13.9 Å². The van der Waals surface area contributed by atoms with Gasteiger partial charge in [0.25, 0.3) is 0 Å². The Morgan fingerprint density at radius 3 is 2.61 bits per heavy atom. The molecule has 1 aromatic heterocycles. The van der Waals surface area contributed by atoms with E-state index in [-0.39, 0.29) is 5.75 Å². The number of nitrogen functional groups attached to an aromatic ring is 1. The first-order valence-corrected chi connectivity index (χ1v) is 7.11. The Morgan fingerprint density at radius 2 is 1.83 bits per heavy atom. The van der Waals surface area contributed by atoms with Gasteiger partial charge in [0, 0.05) is 12.5 Å². The number of rotatable bonds is 5. The first-order chi connectivity index (χ1) is 11.2. The van der Waals surface area contributed by atoms with Crippen molar-refractivity contribution in [2.24, 2.45) is 0 Å². The summed E-state index contributed by atoms with van der Waals surface area (Å²) in [5.74, 6) is 0.183. The van der Waals surface area contributed by atoms with E-state index < -0.39 is 5.82 Å². The van der Waals surface area contributed by atoms with Gasteiger partial charge in [-0.3, -0.25) is 0 Å². The number of fused-ring (bicyclic) bond motifs is 1. The van der Waals surface area contributed by atoms with Gasteiger partial charge in [0.2, 0.25) is 0 Å². The number of hydrogen-bond donors (Lipinski definition) is 1. The molecule has 6 heteroatoms. The molecule has 2 N–H and O–H groups in total. The van der Waals surface area contributed by atoms with Gasteiger partial charge in [0.05, 0.1) is 12.1 Å². The van der Waals surface area contributed by atoms with Crippen molar-refractivity contribution in [3.8, 4) is 16.9 Å². The van der Waals surface area contributed by atoms with Crippen LogP contribution in [0.2, 0.25) is 0 Å². The van der Waals surface area contributed by atoms with Crippen molar-refractivity contribution in [3.63, 3.8) is 0 Å². The predicted octanol–water partition coefficient (Wildman–Crippen LogP) is 3.04. The van der Waals surface area contributed by atoms with Crippen LogP contribution in [0.15, 0.2) is 42.7 Å². The summed E-state index contributed by atoms with van der Waals surface area (Å²) in [7, 11) is 1.57. The molecule has 3 aromatic rings. The van der Waals surface area contributed by atoms with Gasteiger partial charge < -0.3 is 15.2 Å². The molecular weight excluding hydrogens is 297 g/mol. The minimum Gasteiger partial charge on any atom is -0.488 e. The smallest absolute Gasteiger partial charge is 0.165 e. The van der Waals surface area contributed by atoms with Crippen LogP contribution in [0.4, 0.5) is 10.2 Å². The van der Waals surface area contributed by atoms with Crippen LogP contribution in [-0.2, 0) is 4.74 Å². The highest BCUT2D eigenvalue weighted by molar-refractivity contribution is 5.91. The van der Waals surface area contributed by atoms with Crippen LogP contribution >= 0.6 is 0 Å². The second kappa shape index (κ2) is 6.58. The first kappa shape index (κ1) is 15.2. The van der Waals surface area contributed by atoms with Crippen LogP contribution in [0.5, 0.6) is 5.75 Å². The minimum atomic E-state index is -0.420. The average Bonchev–Trinajstić information content (AvgIpc) is 2.56. The second-order valence-electron chi connectivity index (χ2n) is 4.98. The third-order valence-electron chi connectivity index (χ3n) is 3.48. The molecule has 23 heavy (non-hydrogen) atoms. The van der Waals surface area contributed by atoms with E-state index >= 15 is 0 Å². The number of methoxy groups -OCH3 is 1. The molecule has 0 saturated heterocycles. The molecule has 0 atom stereocenters. The van der Waals surface area contributed by atoms with Gasteiger partial charge in [0.1, 0.15) is 18.8 Å². The number of nitrogens with zero attached hydrogens (tertiary/aromatic N) is 2. The molecule has 0 saturated carbocycles. The molecule has 0 aliphatic rings. The van der Waals surface area contributed by atoms with Gasteiger partial charge in [-0.1, -0.05) is 12.1 Å². The lowest BCUT2D eigenvalue weighted by Gasteiger charge is -2.09. The third-order valence-corrected chi connectivity index (χ3v) is 3.48. The molecule has 0 bridgehead atoms. The molecule has 0 aliphatic heterocycles. The van der Waals surface area contributed by atoms with E-state index in [1.807, 2.05) is 18.2 Å². The Labute approximate surface area is 132 Å². The summed E-state index contributed by atoms with van der Waals surface area (Å²) < 4.78 is 24.3. The molecule has 0 amide bonds. The van der Waals surface area contributed by atoms with Gasteiger partial charge in [0.15, 0.2) is 11.6 Å². The zero-order valence-electron chi connectivity index (χ0n) is 12.6. The summed E-state index contributed by atoms with van der Waals surface area (Å²) in [6.07, 6.45) is 1.42.